The summed E-state index contributed by atoms with van der Waals surface area (Å²) >= 11 is 0. The number of guanidine groups is 1. The molecular formula is C17H30N4O2. The van der Waals surface area contributed by atoms with Gasteiger partial charge < -0.3 is 19.8 Å². The fourth-order valence-electron chi connectivity index (χ4n) is 2.36. The summed E-state index contributed by atoms with van der Waals surface area (Å²) in [7, 11) is 0. The molecule has 0 saturated carbocycles. The summed E-state index contributed by atoms with van der Waals surface area (Å²) in [5.41, 5.74) is 0. The van der Waals surface area contributed by atoms with Crippen LogP contribution in [0.4, 0.5) is 0 Å². The van der Waals surface area contributed by atoms with Crippen molar-refractivity contribution in [1.29, 1.82) is 0 Å². The van der Waals surface area contributed by atoms with Gasteiger partial charge in [-0.3, -0.25) is 9.89 Å². The second kappa shape index (κ2) is 10.3. The Kier molecular flexibility index (Phi) is 7.97. The van der Waals surface area contributed by atoms with Gasteiger partial charge in [-0.2, -0.15) is 0 Å². The Morgan fingerprint density at radius 1 is 1.26 bits per heavy atom. The van der Waals surface area contributed by atoms with Gasteiger partial charge in [0.2, 0.25) is 0 Å². The molecule has 1 aliphatic rings. The molecule has 1 aromatic heterocycles. The molecule has 1 fully saturated rings. The normalized spacial score (nSPS) is 16.7. The average Bonchev–Trinajstić information content (AvgIpc) is 3.06. The summed E-state index contributed by atoms with van der Waals surface area (Å²) in [6.45, 7) is 11.6. The molecule has 1 aliphatic heterocycles. The smallest absolute Gasteiger partial charge is 0.191 e. The maximum Gasteiger partial charge on any atom is 0.191 e. The van der Waals surface area contributed by atoms with Crippen molar-refractivity contribution in [2.45, 2.75) is 20.3 Å². The zero-order valence-corrected chi connectivity index (χ0v) is 14.4. The largest absolute Gasteiger partial charge is 0.469 e. The summed E-state index contributed by atoms with van der Waals surface area (Å²) in [6.07, 6.45) is 2.57. The highest BCUT2D eigenvalue weighted by Gasteiger charge is 2.09. The Balaban J connectivity index is 1.70. The van der Waals surface area contributed by atoms with Gasteiger partial charge in [0.25, 0.3) is 0 Å². The van der Waals surface area contributed by atoms with E-state index < -0.39 is 0 Å². The average molecular weight is 322 g/mol. The van der Waals surface area contributed by atoms with Gasteiger partial charge in [0.15, 0.2) is 5.96 Å². The van der Waals surface area contributed by atoms with Gasteiger partial charge in [0, 0.05) is 45.7 Å². The summed E-state index contributed by atoms with van der Waals surface area (Å²) < 4.78 is 10.7. The van der Waals surface area contributed by atoms with Gasteiger partial charge in [-0.15, -0.1) is 0 Å². The first-order valence-corrected chi connectivity index (χ1v) is 8.58. The van der Waals surface area contributed by atoms with E-state index >= 15 is 0 Å². The Morgan fingerprint density at radius 2 is 2.04 bits per heavy atom. The number of rotatable bonds is 8. The van der Waals surface area contributed by atoms with Crippen molar-refractivity contribution in [1.82, 2.24) is 15.5 Å². The maximum atomic E-state index is 5.37. The van der Waals surface area contributed by atoms with E-state index in [-0.39, 0.29) is 0 Å². The van der Waals surface area contributed by atoms with Crippen LogP contribution in [0.5, 0.6) is 0 Å². The molecule has 0 amide bonds. The van der Waals surface area contributed by atoms with Crippen LogP contribution in [0.3, 0.4) is 0 Å². The maximum absolute atomic E-state index is 5.37. The first kappa shape index (κ1) is 17.8. The summed E-state index contributed by atoms with van der Waals surface area (Å²) in [6, 6.07) is 3.92. The minimum absolute atomic E-state index is 0.554. The van der Waals surface area contributed by atoms with Crippen LogP contribution in [0, 0.1) is 5.92 Å². The SMILES string of the molecule is CC(C)CN=C(NCCc1ccco1)NCCN1CCOCC1. The van der Waals surface area contributed by atoms with Gasteiger partial charge in [-0.1, -0.05) is 13.8 Å². The Labute approximate surface area is 139 Å². The van der Waals surface area contributed by atoms with Crippen LogP contribution in [0.15, 0.2) is 27.8 Å². The third-order valence-corrected chi connectivity index (χ3v) is 3.68. The lowest BCUT2D eigenvalue weighted by atomic mass is 10.2. The molecule has 0 atom stereocenters. The van der Waals surface area contributed by atoms with Crippen LogP contribution in [-0.4, -0.2) is 63.3 Å². The number of hydrogen-bond donors (Lipinski definition) is 2. The van der Waals surface area contributed by atoms with E-state index in [9.17, 15) is 0 Å². The standard InChI is InChI=1S/C17H30N4O2/c1-15(2)14-20-17(18-6-5-16-4-3-11-23-16)19-7-8-21-9-12-22-13-10-21/h3-4,11,15H,5-10,12-14H2,1-2H3,(H2,18,19,20). The first-order valence-electron chi connectivity index (χ1n) is 8.58. The molecular weight excluding hydrogens is 292 g/mol. The van der Waals surface area contributed by atoms with Gasteiger partial charge in [-0.25, -0.2) is 0 Å². The van der Waals surface area contributed by atoms with Crippen molar-refractivity contribution in [3.05, 3.63) is 24.2 Å². The molecule has 23 heavy (non-hydrogen) atoms. The second-order valence-corrected chi connectivity index (χ2v) is 6.22. The van der Waals surface area contributed by atoms with Crippen molar-refractivity contribution in [2.75, 3.05) is 52.5 Å². The molecule has 0 radical (unpaired) electrons. The molecule has 0 spiro atoms. The lowest BCUT2D eigenvalue weighted by Gasteiger charge is -2.26. The van der Waals surface area contributed by atoms with Gasteiger partial charge in [0.1, 0.15) is 5.76 Å². The summed E-state index contributed by atoms with van der Waals surface area (Å²) in [5, 5.41) is 6.82. The van der Waals surface area contributed by atoms with Crippen LogP contribution < -0.4 is 10.6 Å². The summed E-state index contributed by atoms with van der Waals surface area (Å²) in [4.78, 5) is 7.06. The molecule has 0 aliphatic carbocycles. The molecule has 2 heterocycles. The predicted octanol–water partition coefficient (Wildman–Crippen LogP) is 1.35. The van der Waals surface area contributed by atoms with Crippen molar-refractivity contribution in [3.63, 3.8) is 0 Å². The third kappa shape index (κ3) is 7.52. The van der Waals surface area contributed by atoms with Crippen LogP contribution in [0.1, 0.15) is 19.6 Å². The molecule has 130 valence electrons. The first-order chi connectivity index (χ1) is 11.2. The number of nitrogens with one attached hydrogen (secondary N) is 2. The Hall–Kier alpha value is -1.53. The molecule has 6 heteroatoms. The van der Waals surface area contributed by atoms with Gasteiger partial charge in [-0.05, 0) is 18.1 Å². The number of morpholine rings is 1. The lowest BCUT2D eigenvalue weighted by molar-refractivity contribution is 0.0389. The van der Waals surface area contributed by atoms with Crippen molar-refractivity contribution in [2.24, 2.45) is 10.9 Å². The fourth-order valence-corrected chi connectivity index (χ4v) is 2.36. The lowest BCUT2D eigenvalue weighted by Crippen LogP contribution is -2.45. The highest BCUT2D eigenvalue weighted by molar-refractivity contribution is 5.79. The van der Waals surface area contributed by atoms with E-state index in [4.69, 9.17) is 9.15 Å². The van der Waals surface area contributed by atoms with Gasteiger partial charge in [0.05, 0.1) is 19.5 Å². The van der Waals surface area contributed by atoms with Crippen LogP contribution in [0.25, 0.3) is 0 Å². The topological polar surface area (TPSA) is 62.0 Å². The molecule has 1 aromatic rings. The predicted molar refractivity (Wildman–Crippen MR) is 92.8 cm³/mol. The second-order valence-electron chi connectivity index (χ2n) is 6.22. The minimum atomic E-state index is 0.554. The number of aliphatic imine (C=N–C) groups is 1. The number of furan rings is 1. The quantitative estimate of drug-likeness (QED) is 0.559. The van der Waals surface area contributed by atoms with Gasteiger partial charge >= 0.3 is 0 Å². The number of ether oxygens (including phenoxy) is 1. The van der Waals surface area contributed by atoms with E-state index in [0.717, 1.165) is 70.6 Å². The van der Waals surface area contributed by atoms with Crippen molar-refractivity contribution in [3.8, 4) is 0 Å². The molecule has 0 unspecified atom stereocenters. The van der Waals surface area contributed by atoms with E-state index in [2.05, 4.69) is 34.4 Å². The van der Waals surface area contributed by atoms with E-state index in [0.29, 0.717) is 5.92 Å². The fraction of sp³-hybridized carbons (Fsp3) is 0.706. The highest BCUT2D eigenvalue weighted by atomic mass is 16.5. The zero-order chi connectivity index (χ0) is 16.3. The van der Waals surface area contributed by atoms with Crippen LogP contribution in [0.2, 0.25) is 0 Å². The van der Waals surface area contributed by atoms with E-state index in [1.807, 2.05) is 12.1 Å². The van der Waals surface area contributed by atoms with E-state index in [1.54, 1.807) is 6.26 Å². The van der Waals surface area contributed by atoms with Crippen LogP contribution >= 0.6 is 0 Å². The van der Waals surface area contributed by atoms with E-state index in [1.165, 1.54) is 0 Å². The van der Waals surface area contributed by atoms with Crippen molar-refractivity contribution >= 4 is 5.96 Å². The Bertz CT molecular complexity index is 439. The van der Waals surface area contributed by atoms with Crippen molar-refractivity contribution < 1.29 is 9.15 Å². The molecule has 0 aromatic carbocycles. The molecule has 2 rings (SSSR count). The minimum Gasteiger partial charge on any atom is -0.469 e. The molecule has 0 bridgehead atoms. The third-order valence-electron chi connectivity index (χ3n) is 3.68. The zero-order valence-electron chi connectivity index (χ0n) is 14.4. The molecule has 1 saturated heterocycles. The Morgan fingerprint density at radius 3 is 2.74 bits per heavy atom. The summed E-state index contributed by atoms with van der Waals surface area (Å²) in [5.74, 6) is 2.44. The molecule has 6 nitrogen and oxygen atoms in total. The number of hydrogen-bond acceptors (Lipinski definition) is 4. The number of nitrogens with zero attached hydrogens (tertiary/aromatic N) is 2. The van der Waals surface area contributed by atoms with Crippen LogP contribution in [-0.2, 0) is 11.2 Å². The molecule has 2 N–H and O–H groups in total. The monoisotopic (exact) mass is 322 g/mol. The highest BCUT2D eigenvalue weighted by Crippen LogP contribution is 1.99.